The van der Waals surface area contributed by atoms with Gasteiger partial charge in [0.1, 0.15) is 5.60 Å². The molecule has 0 radical (unpaired) electrons. The smallest absolute Gasteiger partial charge is 0.431 e. The molecular weight excluding hydrogens is 202 g/mol. The van der Waals surface area contributed by atoms with Crippen LogP contribution in [0.2, 0.25) is 0 Å². The SMILES string of the molecule is CC(C)(C)OC(=O)NOC1CCOC1=O. The molecule has 0 bridgehead atoms. The molecule has 6 heteroatoms. The molecule has 1 heterocycles. The van der Waals surface area contributed by atoms with Crippen molar-refractivity contribution in [1.29, 1.82) is 0 Å². The maximum Gasteiger partial charge on any atom is 0.431 e. The number of rotatable bonds is 2. The van der Waals surface area contributed by atoms with Crippen LogP contribution in [0, 0.1) is 0 Å². The number of hydrogen-bond acceptors (Lipinski definition) is 5. The molecule has 1 fully saturated rings. The van der Waals surface area contributed by atoms with Gasteiger partial charge in [-0.25, -0.2) is 9.59 Å². The molecule has 0 saturated carbocycles. The Morgan fingerprint density at radius 3 is 2.67 bits per heavy atom. The molecular formula is C9H15NO5. The molecule has 1 N–H and O–H groups in total. The number of cyclic esters (lactones) is 1. The van der Waals surface area contributed by atoms with Gasteiger partial charge < -0.3 is 9.47 Å². The molecule has 1 atom stereocenters. The topological polar surface area (TPSA) is 73.9 Å². The highest BCUT2D eigenvalue weighted by Crippen LogP contribution is 2.10. The molecule has 0 aromatic carbocycles. The van der Waals surface area contributed by atoms with E-state index in [0.29, 0.717) is 13.0 Å². The van der Waals surface area contributed by atoms with Crippen LogP contribution in [0.15, 0.2) is 0 Å². The van der Waals surface area contributed by atoms with E-state index < -0.39 is 23.8 Å². The fraction of sp³-hybridized carbons (Fsp3) is 0.778. The van der Waals surface area contributed by atoms with Gasteiger partial charge in [-0.3, -0.25) is 4.84 Å². The van der Waals surface area contributed by atoms with Crippen LogP contribution in [0.3, 0.4) is 0 Å². The monoisotopic (exact) mass is 217 g/mol. The summed E-state index contributed by atoms with van der Waals surface area (Å²) in [7, 11) is 0. The molecule has 0 spiro atoms. The minimum absolute atomic E-state index is 0.319. The molecule has 86 valence electrons. The zero-order valence-corrected chi connectivity index (χ0v) is 9.03. The average Bonchev–Trinajstić information content (AvgIpc) is 2.44. The number of carbonyl (C=O) groups excluding carboxylic acids is 2. The van der Waals surface area contributed by atoms with Gasteiger partial charge in [0.25, 0.3) is 0 Å². The van der Waals surface area contributed by atoms with Crippen LogP contribution in [0.5, 0.6) is 0 Å². The number of hydrogen-bond donors (Lipinski definition) is 1. The van der Waals surface area contributed by atoms with Crippen molar-refractivity contribution >= 4 is 12.1 Å². The molecule has 1 saturated heterocycles. The maximum absolute atomic E-state index is 11.1. The summed E-state index contributed by atoms with van der Waals surface area (Å²) >= 11 is 0. The second kappa shape index (κ2) is 4.48. The predicted molar refractivity (Wildman–Crippen MR) is 49.8 cm³/mol. The van der Waals surface area contributed by atoms with E-state index in [0.717, 1.165) is 0 Å². The molecule has 1 aliphatic heterocycles. The summed E-state index contributed by atoms with van der Waals surface area (Å²) in [5, 5.41) is 0. The van der Waals surface area contributed by atoms with Crippen molar-refractivity contribution in [2.75, 3.05) is 6.61 Å². The van der Waals surface area contributed by atoms with Gasteiger partial charge in [0, 0.05) is 6.42 Å². The van der Waals surface area contributed by atoms with Crippen LogP contribution in [-0.2, 0) is 19.1 Å². The van der Waals surface area contributed by atoms with Crippen LogP contribution in [-0.4, -0.2) is 30.4 Å². The van der Waals surface area contributed by atoms with Crippen LogP contribution in [0.25, 0.3) is 0 Å². The van der Waals surface area contributed by atoms with E-state index >= 15 is 0 Å². The molecule has 0 aromatic heterocycles. The lowest BCUT2D eigenvalue weighted by atomic mass is 10.2. The normalized spacial score (nSPS) is 21.0. The fourth-order valence-electron chi connectivity index (χ4n) is 1.00. The molecule has 1 rings (SSSR count). The third-order valence-corrected chi connectivity index (χ3v) is 1.57. The fourth-order valence-corrected chi connectivity index (χ4v) is 1.00. The zero-order chi connectivity index (χ0) is 11.5. The number of hydroxylamine groups is 1. The first-order chi connectivity index (χ1) is 6.88. The number of esters is 1. The highest BCUT2D eigenvalue weighted by Gasteiger charge is 2.29. The van der Waals surface area contributed by atoms with Gasteiger partial charge in [0.2, 0.25) is 0 Å². The van der Waals surface area contributed by atoms with Crippen molar-refractivity contribution in [3.05, 3.63) is 0 Å². The molecule has 1 amide bonds. The third kappa shape index (κ3) is 4.16. The van der Waals surface area contributed by atoms with E-state index in [1.54, 1.807) is 20.8 Å². The molecule has 6 nitrogen and oxygen atoms in total. The van der Waals surface area contributed by atoms with E-state index in [1.807, 2.05) is 5.48 Å². The predicted octanol–water partition coefficient (Wildman–Crippen LogP) is 0.758. The standard InChI is InChI=1S/C9H15NO5/c1-9(2,3)14-8(12)10-15-6-4-5-13-7(6)11/h6H,4-5H2,1-3H3,(H,10,12). The summed E-state index contributed by atoms with van der Waals surface area (Å²) in [6.07, 6.45) is -1.01. The number of ether oxygens (including phenoxy) is 2. The Morgan fingerprint density at radius 2 is 2.20 bits per heavy atom. The maximum atomic E-state index is 11.1. The summed E-state index contributed by atoms with van der Waals surface area (Å²) in [5.74, 6) is -0.467. The van der Waals surface area contributed by atoms with Gasteiger partial charge in [-0.15, -0.1) is 0 Å². The lowest BCUT2D eigenvalue weighted by Gasteiger charge is -2.19. The lowest BCUT2D eigenvalue weighted by Crippen LogP contribution is -2.36. The van der Waals surface area contributed by atoms with Crippen molar-refractivity contribution in [2.45, 2.75) is 38.9 Å². The van der Waals surface area contributed by atoms with E-state index in [4.69, 9.17) is 9.57 Å². The van der Waals surface area contributed by atoms with Crippen molar-refractivity contribution in [1.82, 2.24) is 5.48 Å². The Bertz CT molecular complexity index is 258. The molecule has 0 aliphatic carbocycles. The molecule has 15 heavy (non-hydrogen) atoms. The lowest BCUT2D eigenvalue weighted by molar-refractivity contribution is -0.150. The minimum atomic E-state index is -0.725. The largest absolute Gasteiger partial charge is 0.464 e. The van der Waals surface area contributed by atoms with E-state index in [-0.39, 0.29) is 0 Å². The van der Waals surface area contributed by atoms with Gasteiger partial charge in [0.15, 0.2) is 6.10 Å². The first-order valence-corrected chi connectivity index (χ1v) is 4.70. The molecule has 1 unspecified atom stereocenters. The van der Waals surface area contributed by atoms with E-state index in [9.17, 15) is 9.59 Å². The summed E-state index contributed by atoms with van der Waals surface area (Å²) < 4.78 is 9.55. The molecule has 0 aromatic rings. The summed E-state index contributed by atoms with van der Waals surface area (Å²) in [4.78, 5) is 26.9. The van der Waals surface area contributed by atoms with Crippen LogP contribution < -0.4 is 5.48 Å². The number of amides is 1. The summed E-state index contributed by atoms with van der Waals surface area (Å²) in [5.41, 5.74) is 1.46. The van der Waals surface area contributed by atoms with Crippen molar-refractivity contribution in [3.63, 3.8) is 0 Å². The average molecular weight is 217 g/mol. The first kappa shape index (κ1) is 11.8. The van der Waals surface area contributed by atoms with Crippen molar-refractivity contribution in [2.24, 2.45) is 0 Å². The van der Waals surface area contributed by atoms with Gasteiger partial charge in [0.05, 0.1) is 6.61 Å². The second-order valence-electron chi connectivity index (χ2n) is 4.17. The van der Waals surface area contributed by atoms with Gasteiger partial charge in [-0.1, -0.05) is 0 Å². The first-order valence-electron chi connectivity index (χ1n) is 4.70. The van der Waals surface area contributed by atoms with Gasteiger partial charge in [-0.05, 0) is 20.8 Å². The minimum Gasteiger partial charge on any atom is -0.464 e. The Morgan fingerprint density at radius 1 is 1.53 bits per heavy atom. The Labute approximate surface area is 87.8 Å². The van der Waals surface area contributed by atoms with E-state index in [2.05, 4.69) is 4.74 Å². The Balaban J connectivity index is 2.25. The highest BCUT2D eigenvalue weighted by atomic mass is 16.7. The van der Waals surface area contributed by atoms with E-state index in [1.165, 1.54) is 0 Å². The van der Waals surface area contributed by atoms with Crippen LogP contribution >= 0.6 is 0 Å². The zero-order valence-electron chi connectivity index (χ0n) is 9.03. The molecule has 1 aliphatic rings. The van der Waals surface area contributed by atoms with Crippen LogP contribution in [0.4, 0.5) is 4.79 Å². The van der Waals surface area contributed by atoms with Crippen molar-refractivity contribution in [3.8, 4) is 0 Å². The highest BCUT2D eigenvalue weighted by molar-refractivity contribution is 5.76. The quantitative estimate of drug-likeness (QED) is 0.546. The van der Waals surface area contributed by atoms with Gasteiger partial charge >= 0.3 is 12.1 Å². The van der Waals surface area contributed by atoms with Gasteiger partial charge in [-0.2, -0.15) is 5.48 Å². The third-order valence-electron chi connectivity index (χ3n) is 1.57. The van der Waals surface area contributed by atoms with Crippen molar-refractivity contribution < 1.29 is 23.9 Å². The Hall–Kier alpha value is -1.30. The second-order valence-corrected chi connectivity index (χ2v) is 4.17. The summed E-state index contributed by atoms with van der Waals surface area (Å²) in [6.45, 7) is 5.52. The van der Waals surface area contributed by atoms with Crippen LogP contribution in [0.1, 0.15) is 27.2 Å². The Kier molecular flexibility index (Phi) is 3.52. The number of nitrogens with one attached hydrogen (secondary N) is 1. The summed E-state index contributed by atoms with van der Waals surface area (Å²) in [6, 6.07) is 0. The number of carbonyl (C=O) groups is 2.